The second-order valence-corrected chi connectivity index (χ2v) is 4.32. The fraction of sp³-hybridized carbons (Fsp3) is 0.200. The predicted molar refractivity (Wildman–Crippen MR) is 76.6 cm³/mol. The number of nitrogen functional groups attached to an aromatic ring is 1. The van der Waals surface area contributed by atoms with E-state index < -0.39 is 0 Å². The Morgan fingerprint density at radius 1 is 1.11 bits per heavy atom. The molecule has 3 heteroatoms. The number of nitrogens with zero attached hydrogens (tertiary/aromatic N) is 1. The van der Waals surface area contributed by atoms with Gasteiger partial charge in [-0.2, -0.15) is 0 Å². The molecule has 3 nitrogen and oxygen atoms in total. The maximum absolute atomic E-state index is 6.05. The smallest absolute Gasteiger partial charge is 0.121 e. The van der Waals surface area contributed by atoms with Crippen molar-refractivity contribution >= 4 is 17.1 Å². The molecule has 0 saturated heterocycles. The number of rotatable bonds is 3. The van der Waals surface area contributed by atoms with Gasteiger partial charge >= 0.3 is 0 Å². The van der Waals surface area contributed by atoms with Crippen molar-refractivity contribution in [2.75, 3.05) is 24.8 Å². The monoisotopic (exact) mass is 242 g/mol. The molecule has 2 aromatic carbocycles. The average molecular weight is 242 g/mol. The van der Waals surface area contributed by atoms with Crippen molar-refractivity contribution in [2.45, 2.75) is 6.92 Å². The molecule has 0 heterocycles. The van der Waals surface area contributed by atoms with Gasteiger partial charge in [0.05, 0.1) is 18.5 Å². The summed E-state index contributed by atoms with van der Waals surface area (Å²) in [6, 6.07) is 14.0. The Labute approximate surface area is 108 Å². The highest BCUT2D eigenvalue weighted by Crippen LogP contribution is 2.31. The van der Waals surface area contributed by atoms with Crippen molar-refractivity contribution in [3.05, 3.63) is 48.0 Å². The Morgan fingerprint density at radius 2 is 1.89 bits per heavy atom. The van der Waals surface area contributed by atoms with Crippen molar-refractivity contribution < 1.29 is 4.74 Å². The third-order valence-corrected chi connectivity index (χ3v) is 2.99. The minimum Gasteiger partial charge on any atom is -0.497 e. The summed E-state index contributed by atoms with van der Waals surface area (Å²) in [7, 11) is 3.64. The largest absolute Gasteiger partial charge is 0.497 e. The van der Waals surface area contributed by atoms with Gasteiger partial charge in [0.2, 0.25) is 0 Å². The summed E-state index contributed by atoms with van der Waals surface area (Å²) in [6.07, 6.45) is 0. The molecule has 0 unspecified atom stereocenters. The van der Waals surface area contributed by atoms with Gasteiger partial charge in [-0.25, -0.2) is 0 Å². The predicted octanol–water partition coefficient (Wildman–Crippen LogP) is 3.35. The van der Waals surface area contributed by atoms with E-state index in [1.165, 1.54) is 5.56 Å². The van der Waals surface area contributed by atoms with Crippen LogP contribution in [0.15, 0.2) is 42.5 Å². The molecule has 0 atom stereocenters. The number of benzene rings is 2. The number of ether oxygens (including phenoxy) is 1. The molecule has 0 aliphatic heterocycles. The molecule has 18 heavy (non-hydrogen) atoms. The van der Waals surface area contributed by atoms with Crippen LogP contribution in [0.3, 0.4) is 0 Å². The first-order chi connectivity index (χ1) is 8.61. The maximum Gasteiger partial charge on any atom is 0.121 e. The normalized spacial score (nSPS) is 10.2. The highest BCUT2D eigenvalue weighted by Gasteiger charge is 2.08. The van der Waals surface area contributed by atoms with E-state index in [0.29, 0.717) is 5.69 Å². The van der Waals surface area contributed by atoms with Crippen LogP contribution >= 0.6 is 0 Å². The quantitative estimate of drug-likeness (QED) is 0.839. The number of hydrogen-bond donors (Lipinski definition) is 1. The van der Waals surface area contributed by atoms with E-state index in [-0.39, 0.29) is 0 Å². The minimum atomic E-state index is 0.707. The van der Waals surface area contributed by atoms with Gasteiger partial charge in [-0.3, -0.25) is 0 Å². The second-order valence-electron chi connectivity index (χ2n) is 4.32. The lowest BCUT2D eigenvalue weighted by Gasteiger charge is -2.22. The molecular weight excluding hydrogens is 224 g/mol. The summed E-state index contributed by atoms with van der Waals surface area (Å²) in [5.74, 6) is 0.772. The van der Waals surface area contributed by atoms with Crippen molar-refractivity contribution in [1.82, 2.24) is 0 Å². The lowest BCUT2D eigenvalue weighted by Crippen LogP contribution is -2.11. The average Bonchev–Trinajstić information content (AvgIpc) is 2.37. The summed E-state index contributed by atoms with van der Waals surface area (Å²) in [5.41, 5.74) is 10.1. The minimum absolute atomic E-state index is 0.707. The lowest BCUT2D eigenvalue weighted by atomic mass is 10.2. The first-order valence-electron chi connectivity index (χ1n) is 5.85. The fourth-order valence-corrected chi connectivity index (χ4v) is 1.94. The summed E-state index contributed by atoms with van der Waals surface area (Å²) in [6.45, 7) is 2.08. The van der Waals surface area contributed by atoms with Gasteiger partial charge in [-0.15, -0.1) is 0 Å². The van der Waals surface area contributed by atoms with E-state index in [1.807, 2.05) is 31.3 Å². The number of aryl methyl sites for hydroxylation is 1. The molecule has 0 aliphatic rings. The Bertz CT molecular complexity index is 552. The van der Waals surface area contributed by atoms with E-state index in [4.69, 9.17) is 10.5 Å². The molecule has 2 rings (SSSR count). The van der Waals surface area contributed by atoms with Crippen LogP contribution in [-0.2, 0) is 0 Å². The summed E-state index contributed by atoms with van der Waals surface area (Å²) in [5, 5.41) is 0. The molecule has 0 saturated carbocycles. The van der Waals surface area contributed by atoms with E-state index in [2.05, 4.69) is 30.0 Å². The molecule has 94 valence electrons. The Balaban J connectivity index is 2.37. The lowest BCUT2D eigenvalue weighted by molar-refractivity contribution is 0.415. The van der Waals surface area contributed by atoms with Crippen molar-refractivity contribution in [3.63, 3.8) is 0 Å². The van der Waals surface area contributed by atoms with Gasteiger partial charge in [-0.05, 0) is 36.8 Å². The van der Waals surface area contributed by atoms with Crippen LogP contribution in [0.1, 0.15) is 5.56 Å². The van der Waals surface area contributed by atoms with Crippen LogP contribution < -0.4 is 15.4 Å². The van der Waals surface area contributed by atoms with Gasteiger partial charge in [0.1, 0.15) is 5.75 Å². The van der Waals surface area contributed by atoms with E-state index >= 15 is 0 Å². The Kier molecular flexibility index (Phi) is 3.42. The second kappa shape index (κ2) is 5.00. The number of methoxy groups -OCH3 is 1. The van der Waals surface area contributed by atoms with Crippen LogP contribution in [0.5, 0.6) is 5.75 Å². The van der Waals surface area contributed by atoms with Crippen LogP contribution in [0.25, 0.3) is 0 Å². The number of hydrogen-bond acceptors (Lipinski definition) is 3. The molecular formula is C15H18N2O. The molecule has 2 N–H and O–H groups in total. The van der Waals surface area contributed by atoms with Crippen molar-refractivity contribution in [2.24, 2.45) is 0 Å². The van der Waals surface area contributed by atoms with Crippen LogP contribution in [0.2, 0.25) is 0 Å². The standard InChI is InChI=1S/C15H18N2O/c1-11-5-4-6-12(9-11)17(2)15-8-7-13(18-3)10-14(15)16/h4-10H,16H2,1-3H3. The van der Waals surface area contributed by atoms with Crippen molar-refractivity contribution in [1.29, 1.82) is 0 Å². The Morgan fingerprint density at radius 3 is 2.50 bits per heavy atom. The van der Waals surface area contributed by atoms with Crippen molar-refractivity contribution in [3.8, 4) is 5.75 Å². The first-order valence-corrected chi connectivity index (χ1v) is 5.85. The van der Waals surface area contributed by atoms with Crippen LogP contribution in [0.4, 0.5) is 17.1 Å². The maximum atomic E-state index is 6.05. The summed E-state index contributed by atoms with van der Waals surface area (Å²) < 4.78 is 5.16. The van der Waals surface area contributed by atoms with Gasteiger partial charge in [0, 0.05) is 18.8 Å². The zero-order chi connectivity index (χ0) is 13.1. The van der Waals surface area contributed by atoms with Gasteiger partial charge in [-0.1, -0.05) is 12.1 Å². The highest BCUT2D eigenvalue weighted by atomic mass is 16.5. The Hall–Kier alpha value is -2.16. The number of nitrogens with two attached hydrogens (primary N) is 1. The molecule has 0 aliphatic carbocycles. The van der Waals surface area contributed by atoms with Gasteiger partial charge in [0.25, 0.3) is 0 Å². The SMILES string of the molecule is COc1ccc(N(C)c2cccc(C)c2)c(N)c1. The molecule has 0 bridgehead atoms. The molecule has 0 fully saturated rings. The van der Waals surface area contributed by atoms with Crippen LogP contribution in [-0.4, -0.2) is 14.2 Å². The third-order valence-electron chi connectivity index (χ3n) is 2.99. The zero-order valence-electron chi connectivity index (χ0n) is 11.0. The number of anilines is 3. The molecule has 0 aromatic heterocycles. The van der Waals surface area contributed by atoms with Gasteiger partial charge in [0.15, 0.2) is 0 Å². The van der Waals surface area contributed by atoms with Crippen LogP contribution in [0, 0.1) is 6.92 Å². The molecule has 0 radical (unpaired) electrons. The molecule has 2 aromatic rings. The van der Waals surface area contributed by atoms with E-state index in [0.717, 1.165) is 17.1 Å². The zero-order valence-corrected chi connectivity index (χ0v) is 11.0. The third kappa shape index (κ3) is 2.40. The molecule has 0 amide bonds. The summed E-state index contributed by atoms with van der Waals surface area (Å²) >= 11 is 0. The van der Waals surface area contributed by atoms with E-state index in [1.54, 1.807) is 7.11 Å². The first kappa shape index (κ1) is 12.3. The topological polar surface area (TPSA) is 38.5 Å². The van der Waals surface area contributed by atoms with Gasteiger partial charge < -0.3 is 15.4 Å². The highest BCUT2D eigenvalue weighted by molar-refractivity contribution is 5.75. The molecule has 0 spiro atoms. The van der Waals surface area contributed by atoms with E-state index in [9.17, 15) is 0 Å². The summed E-state index contributed by atoms with van der Waals surface area (Å²) in [4.78, 5) is 2.07. The fourth-order valence-electron chi connectivity index (χ4n) is 1.94.